The quantitative estimate of drug-likeness (QED) is 0.777. The van der Waals surface area contributed by atoms with Crippen molar-refractivity contribution in [3.8, 4) is 11.8 Å². The van der Waals surface area contributed by atoms with E-state index in [1.54, 1.807) is 25.1 Å². The van der Waals surface area contributed by atoms with E-state index in [0.717, 1.165) is 0 Å². The van der Waals surface area contributed by atoms with Crippen LogP contribution in [0.1, 0.15) is 5.56 Å². The minimum Gasteiger partial charge on any atom is -0.484 e. The van der Waals surface area contributed by atoms with Crippen molar-refractivity contribution in [2.24, 2.45) is 0 Å². The molecule has 5 heteroatoms. The van der Waals surface area contributed by atoms with Gasteiger partial charge in [-0.3, -0.25) is 4.79 Å². The van der Waals surface area contributed by atoms with Gasteiger partial charge in [-0.1, -0.05) is 6.07 Å². The molecule has 0 aliphatic carbocycles. The van der Waals surface area contributed by atoms with Gasteiger partial charge >= 0.3 is 0 Å². The maximum Gasteiger partial charge on any atom is 0.258 e. The first-order valence-corrected chi connectivity index (χ1v) is 4.66. The molecule has 0 aliphatic rings. The average molecular weight is 222 g/mol. The van der Waals surface area contributed by atoms with Crippen molar-refractivity contribution in [3.05, 3.63) is 29.6 Å². The number of amides is 1. The minimum atomic E-state index is -0.414. The first kappa shape index (κ1) is 12.0. The molecule has 84 valence electrons. The molecular weight excluding hydrogens is 211 g/mol. The lowest BCUT2D eigenvalue weighted by atomic mass is 10.2. The van der Waals surface area contributed by atoms with Gasteiger partial charge in [-0.2, -0.15) is 5.26 Å². The number of halogens is 1. The molecule has 0 fully saturated rings. The Bertz CT molecular complexity index is 426. The highest BCUT2D eigenvalue weighted by Gasteiger charge is 2.03. The molecule has 0 bridgehead atoms. The number of rotatable bonds is 4. The number of ether oxygens (including phenoxy) is 1. The van der Waals surface area contributed by atoms with Gasteiger partial charge in [0.2, 0.25) is 0 Å². The molecule has 1 rings (SSSR count). The fourth-order valence-corrected chi connectivity index (χ4v) is 1.00. The molecule has 4 nitrogen and oxygen atoms in total. The van der Waals surface area contributed by atoms with Gasteiger partial charge in [0.15, 0.2) is 6.61 Å². The third kappa shape index (κ3) is 3.58. The summed E-state index contributed by atoms with van der Waals surface area (Å²) < 4.78 is 18.1. The summed E-state index contributed by atoms with van der Waals surface area (Å²) >= 11 is 0. The Morgan fingerprint density at radius 1 is 1.62 bits per heavy atom. The van der Waals surface area contributed by atoms with Crippen LogP contribution in [0.3, 0.4) is 0 Å². The average Bonchev–Trinajstić information content (AvgIpc) is 2.28. The highest BCUT2D eigenvalue weighted by molar-refractivity contribution is 5.77. The summed E-state index contributed by atoms with van der Waals surface area (Å²) in [4.78, 5) is 11.0. The number of nitrogens with zero attached hydrogens (tertiary/aromatic N) is 1. The topological polar surface area (TPSA) is 62.1 Å². The Morgan fingerprint density at radius 3 is 3.00 bits per heavy atom. The highest BCUT2D eigenvalue weighted by atomic mass is 19.1. The van der Waals surface area contributed by atoms with E-state index in [1.165, 1.54) is 6.07 Å². The van der Waals surface area contributed by atoms with E-state index >= 15 is 0 Å². The Labute approximate surface area is 92.6 Å². The molecule has 0 radical (unpaired) electrons. The van der Waals surface area contributed by atoms with Crippen LogP contribution in [0.4, 0.5) is 4.39 Å². The molecule has 1 aromatic carbocycles. The first-order chi connectivity index (χ1) is 7.63. The second-order valence-corrected chi connectivity index (χ2v) is 3.13. The van der Waals surface area contributed by atoms with Gasteiger partial charge in [-0.15, -0.1) is 0 Å². The van der Waals surface area contributed by atoms with Crippen LogP contribution < -0.4 is 10.1 Å². The van der Waals surface area contributed by atoms with E-state index in [0.29, 0.717) is 5.56 Å². The van der Waals surface area contributed by atoms with E-state index in [9.17, 15) is 9.18 Å². The molecule has 0 spiro atoms. The standard InChI is InChI=1S/C11H11FN2O2/c1-8-2-3-9(6-10(8)12)16-7-11(15)14-5-4-13/h2-3,6H,5,7H2,1H3,(H,14,15). The zero-order valence-corrected chi connectivity index (χ0v) is 8.79. The van der Waals surface area contributed by atoms with Crippen LogP contribution in [0, 0.1) is 24.1 Å². The van der Waals surface area contributed by atoms with E-state index in [4.69, 9.17) is 10.00 Å². The van der Waals surface area contributed by atoms with Gasteiger partial charge < -0.3 is 10.1 Å². The summed E-state index contributed by atoms with van der Waals surface area (Å²) in [5.41, 5.74) is 0.515. The van der Waals surface area contributed by atoms with Gasteiger partial charge in [0, 0.05) is 6.07 Å². The predicted octanol–water partition coefficient (Wildman–Crippen LogP) is 1.15. The van der Waals surface area contributed by atoms with E-state index in [-0.39, 0.29) is 24.7 Å². The number of nitriles is 1. The number of benzene rings is 1. The smallest absolute Gasteiger partial charge is 0.258 e. The lowest BCUT2D eigenvalue weighted by Crippen LogP contribution is -2.29. The highest BCUT2D eigenvalue weighted by Crippen LogP contribution is 2.15. The fourth-order valence-electron chi connectivity index (χ4n) is 1.00. The van der Waals surface area contributed by atoms with Crippen molar-refractivity contribution in [2.45, 2.75) is 6.92 Å². The number of hydrogen-bond donors (Lipinski definition) is 1. The van der Waals surface area contributed by atoms with Crippen LogP contribution >= 0.6 is 0 Å². The molecular formula is C11H11FN2O2. The largest absolute Gasteiger partial charge is 0.484 e. The normalized spacial score (nSPS) is 9.31. The molecule has 0 saturated heterocycles. The molecule has 1 amide bonds. The second kappa shape index (κ2) is 5.71. The molecule has 1 aromatic rings. The van der Waals surface area contributed by atoms with Crippen molar-refractivity contribution in [1.82, 2.24) is 5.32 Å². The van der Waals surface area contributed by atoms with Crippen molar-refractivity contribution in [1.29, 1.82) is 5.26 Å². The lowest BCUT2D eigenvalue weighted by Gasteiger charge is -2.06. The minimum absolute atomic E-state index is 0.0650. The molecule has 0 aliphatic heterocycles. The van der Waals surface area contributed by atoms with Gasteiger partial charge in [-0.25, -0.2) is 4.39 Å². The number of nitrogens with one attached hydrogen (secondary N) is 1. The van der Waals surface area contributed by atoms with Gasteiger partial charge in [0.05, 0.1) is 6.07 Å². The number of carbonyl (C=O) groups is 1. The monoisotopic (exact) mass is 222 g/mol. The predicted molar refractivity (Wildman–Crippen MR) is 55.3 cm³/mol. The number of hydrogen-bond acceptors (Lipinski definition) is 3. The Morgan fingerprint density at radius 2 is 2.38 bits per heavy atom. The molecule has 0 unspecified atom stereocenters. The lowest BCUT2D eigenvalue weighted by molar-refractivity contribution is -0.122. The zero-order valence-electron chi connectivity index (χ0n) is 8.79. The van der Waals surface area contributed by atoms with Gasteiger partial charge in [0.25, 0.3) is 5.91 Å². The van der Waals surface area contributed by atoms with Crippen LogP contribution in [0.25, 0.3) is 0 Å². The van der Waals surface area contributed by atoms with Crippen molar-refractivity contribution < 1.29 is 13.9 Å². The van der Waals surface area contributed by atoms with Gasteiger partial charge in [-0.05, 0) is 18.6 Å². The molecule has 0 atom stereocenters. The third-order valence-corrected chi connectivity index (χ3v) is 1.88. The zero-order chi connectivity index (χ0) is 12.0. The summed E-state index contributed by atoms with van der Waals surface area (Å²) in [6.07, 6.45) is 0. The summed E-state index contributed by atoms with van der Waals surface area (Å²) in [6.45, 7) is 1.34. The molecule has 0 aromatic heterocycles. The van der Waals surface area contributed by atoms with Crippen LogP contribution in [0.5, 0.6) is 5.75 Å². The van der Waals surface area contributed by atoms with E-state index < -0.39 is 5.91 Å². The second-order valence-electron chi connectivity index (χ2n) is 3.13. The molecule has 0 saturated carbocycles. The molecule has 0 heterocycles. The third-order valence-electron chi connectivity index (χ3n) is 1.88. The maximum absolute atomic E-state index is 13.1. The SMILES string of the molecule is Cc1ccc(OCC(=O)NCC#N)cc1F. The van der Waals surface area contributed by atoms with Crippen molar-refractivity contribution in [3.63, 3.8) is 0 Å². The maximum atomic E-state index is 13.1. The first-order valence-electron chi connectivity index (χ1n) is 4.66. The Kier molecular flexibility index (Phi) is 4.28. The Balaban J connectivity index is 2.46. The van der Waals surface area contributed by atoms with Crippen molar-refractivity contribution >= 4 is 5.91 Å². The molecule has 1 N–H and O–H groups in total. The van der Waals surface area contributed by atoms with Crippen LogP contribution in [-0.2, 0) is 4.79 Å². The fraction of sp³-hybridized carbons (Fsp3) is 0.273. The van der Waals surface area contributed by atoms with Crippen LogP contribution in [0.15, 0.2) is 18.2 Å². The van der Waals surface area contributed by atoms with E-state index in [2.05, 4.69) is 5.32 Å². The number of carbonyl (C=O) groups excluding carboxylic acids is 1. The Hall–Kier alpha value is -2.09. The van der Waals surface area contributed by atoms with Crippen LogP contribution in [0.2, 0.25) is 0 Å². The van der Waals surface area contributed by atoms with Gasteiger partial charge in [0.1, 0.15) is 18.1 Å². The summed E-state index contributed by atoms with van der Waals surface area (Å²) in [5, 5.41) is 10.5. The van der Waals surface area contributed by atoms with Crippen molar-refractivity contribution in [2.75, 3.05) is 13.2 Å². The molecule has 16 heavy (non-hydrogen) atoms. The summed E-state index contributed by atoms with van der Waals surface area (Å²) in [7, 11) is 0. The number of aryl methyl sites for hydroxylation is 1. The summed E-state index contributed by atoms with van der Waals surface area (Å²) in [6, 6.07) is 6.13. The van der Waals surface area contributed by atoms with E-state index in [1.807, 2.05) is 0 Å². The van der Waals surface area contributed by atoms with Crippen LogP contribution in [-0.4, -0.2) is 19.1 Å². The summed E-state index contributed by atoms with van der Waals surface area (Å²) in [5.74, 6) is -0.507.